The maximum absolute atomic E-state index is 13.9. The molecule has 5 nitrogen and oxygen atoms in total. The Hall–Kier alpha value is -1.64. The van der Waals surface area contributed by atoms with Gasteiger partial charge in [0.2, 0.25) is 0 Å². The van der Waals surface area contributed by atoms with E-state index in [2.05, 4.69) is 5.09 Å². The number of hydrogen-bond donors (Lipinski definition) is 1. The maximum Gasteiger partial charge on any atom is 0.432 e. The molecule has 7 heteroatoms. The van der Waals surface area contributed by atoms with Crippen molar-refractivity contribution in [3.8, 4) is 0 Å². The van der Waals surface area contributed by atoms with Gasteiger partial charge in [-0.15, -0.1) is 0 Å². The van der Waals surface area contributed by atoms with E-state index in [1.54, 1.807) is 26.6 Å². The Morgan fingerprint density at radius 2 is 1.31 bits per heavy atom. The summed E-state index contributed by atoms with van der Waals surface area (Å²) in [5, 5.41) is 4.20. The molecule has 1 N–H and O–H groups in total. The Morgan fingerprint density at radius 3 is 1.69 bits per heavy atom. The first-order chi connectivity index (χ1) is 12.4. The second kappa shape index (κ2) is 9.34. The van der Waals surface area contributed by atoms with Crippen molar-refractivity contribution in [3.05, 3.63) is 72.2 Å². The van der Waals surface area contributed by atoms with E-state index in [1.165, 1.54) is 0 Å². The van der Waals surface area contributed by atoms with Crippen LogP contribution in [0, 0.1) is 0 Å². The van der Waals surface area contributed by atoms with Crippen LogP contribution in [-0.4, -0.2) is 13.2 Å². The van der Waals surface area contributed by atoms with Crippen molar-refractivity contribution in [1.29, 1.82) is 0 Å². The zero-order chi connectivity index (χ0) is 19.0. The third kappa shape index (κ3) is 5.18. The molecule has 2 aromatic rings. The average molecular weight is 393 g/mol. The third-order valence-corrected chi connectivity index (χ3v) is 8.27. The lowest BCUT2D eigenvalue weighted by molar-refractivity contribution is 0.214. The molecule has 0 saturated carbocycles. The molecule has 26 heavy (non-hydrogen) atoms. The van der Waals surface area contributed by atoms with Crippen LogP contribution in [0.15, 0.2) is 72.2 Å². The molecular weight excluding hydrogens is 368 g/mol. The van der Waals surface area contributed by atoms with Gasteiger partial charge in [-0.1, -0.05) is 60.7 Å². The summed E-state index contributed by atoms with van der Waals surface area (Å²) in [4.78, 5) is 0. The first-order valence-corrected chi connectivity index (χ1v) is 11.8. The highest BCUT2D eigenvalue weighted by Gasteiger charge is 2.28. The zero-order valence-corrected chi connectivity index (χ0v) is 17.1. The van der Waals surface area contributed by atoms with E-state index < -0.39 is 14.9 Å². The Balaban J connectivity index is 2.45. The number of allylic oxidation sites excluding steroid dienone is 1. The number of hydrogen-bond acceptors (Lipinski definition) is 4. The van der Waals surface area contributed by atoms with E-state index in [9.17, 15) is 9.13 Å². The highest BCUT2D eigenvalue weighted by atomic mass is 31.2. The van der Waals surface area contributed by atoms with Gasteiger partial charge >= 0.3 is 7.75 Å². The summed E-state index contributed by atoms with van der Waals surface area (Å²) in [5.74, 6) is 1.63. The van der Waals surface area contributed by atoms with E-state index in [0.717, 1.165) is 0 Å². The second-order valence-corrected chi connectivity index (χ2v) is 9.93. The topological polar surface area (TPSA) is 64.6 Å². The maximum atomic E-state index is 13.9. The van der Waals surface area contributed by atoms with Crippen molar-refractivity contribution in [2.75, 3.05) is 13.2 Å². The summed E-state index contributed by atoms with van der Waals surface area (Å²) >= 11 is 0. The van der Waals surface area contributed by atoms with Crippen molar-refractivity contribution < 1.29 is 18.2 Å². The van der Waals surface area contributed by atoms with Gasteiger partial charge in [0.05, 0.1) is 13.2 Å². The summed E-state index contributed by atoms with van der Waals surface area (Å²) in [6.45, 7) is 5.68. The molecule has 2 rings (SSSR count). The molecule has 0 aliphatic carbocycles. The van der Waals surface area contributed by atoms with Gasteiger partial charge in [0, 0.05) is 22.1 Å². The Kier molecular flexibility index (Phi) is 7.43. The molecule has 0 radical (unpaired) electrons. The fourth-order valence-corrected chi connectivity index (χ4v) is 6.47. The predicted molar refractivity (Wildman–Crippen MR) is 108 cm³/mol. The van der Waals surface area contributed by atoms with E-state index in [0.29, 0.717) is 16.3 Å². The van der Waals surface area contributed by atoms with Gasteiger partial charge < -0.3 is 4.57 Å². The van der Waals surface area contributed by atoms with Crippen molar-refractivity contribution in [2.24, 2.45) is 0 Å². The normalized spacial score (nSPS) is 12.8. The van der Waals surface area contributed by atoms with Crippen molar-refractivity contribution in [1.82, 2.24) is 5.09 Å². The van der Waals surface area contributed by atoms with Crippen LogP contribution in [-0.2, 0) is 18.2 Å². The van der Waals surface area contributed by atoms with Gasteiger partial charge in [-0.3, -0.25) is 14.1 Å². The second-order valence-electron chi connectivity index (χ2n) is 5.59. The van der Waals surface area contributed by atoms with Gasteiger partial charge in [-0.05, 0) is 20.8 Å². The summed E-state index contributed by atoms with van der Waals surface area (Å²) in [5.41, 5.74) is 0.478. The minimum absolute atomic E-state index is 0.243. The molecule has 2 aromatic carbocycles. The monoisotopic (exact) mass is 393 g/mol. The smallest absolute Gasteiger partial charge is 0.309 e. The van der Waals surface area contributed by atoms with Crippen molar-refractivity contribution >= 4 is 25.5 Å². The standard InChI is InChI=1S/C19H25NO4P2/c1-4-23-26(22,24-5-2)20-17(3)16-25(21,18-12-8-6-9-13-18)19-14-10-7-11-15-19/h6-16H,4-5H2,1-3H3,(H,20,22)/b17-16-. The predicted octanol–water partition coefficient (Wildman–Crippen LogP) is 4.63. The average Bonchev–Trinajstić information content (AvgIpc) is 2.63. The van der Waals surface area contributed by atoms with Gasteiger partial charge in [0.25, 0.3) is 0 Å². The van der Waals surface area contributed by atoms with E-state index >= 15 is 0 Å². The van der Waals surface area contributed by atoms with E-state index in [-0.39, 0.29) is 13.2 Å². The highest BCUT2D eigenvalue weighted by Crippen LogP contribution is 2.49. The van der Waals surface area contributed by atoms with Crippen LogP contribution in [0.4, 0.5) is 0 Å². The fraction of sp³-hybridized carbons (Fsp3) is 0.263. The molecule has 0 saturated heterocycles. The first kappa shape index (κ1) is 20.7. The summed E-state index contributed by atoms with van der Waals surface area (Å²) in [6, 6.07) is 18.5. The molecule has 0 atom stereocenters. The minimum Gasteiger partial charge on any atom is -0.309 e. The molecule has 0 amide bonds. The lowest BCUT2D eigenvalue weighted by Crippen LogP contribution is -2.17. The number of nitrogens with one attached hydrogen (secondary N) is 1. The molecule has 0 fully saturated rings. The van der Waals surface area contributed by atoms with E-state index in [4.69, 9.17) is 9.05 Å². The van der Waals surface area contributed by atoms with Gasteiger partial charge in [0.15, 0.2) is 7.14 Å². The summed E-state index contributed by atoms with van der Waals surface area (Å²) in [6.07, 6.45) is 0. The molecule has 0 aromatic heterocycles. The number of rotatable bonds is 9. The van der Waals surface area contributed by atoms with Crippen LogP contribution < -0.4 is 15.7 Å². The first-order valence-electron chi connectivity index (χ1n) is 8.51. The molecule has 0 aliphatic rings. The summed E-state index contributed by atoms with van der Waals surface area (Å²) in [7, 11) is -6.54. The highest BCUT2D eigenvalue weighted by molar-refractivity contribution is 7.81. The summed E-state index contributed by atoms with van der Waals surface area (Å²) < 4.78 is 37.2. The van der Waals surface area contributed by atoms with Crippen LogP contribution in [0.25, 0.3) is 0 Å². The van der Waals surface area contributed by atoms with Crippen LogP contribution in [0.1, 0.15) is 20.8 Å². The van der Waals surface area contributed by atoms with Crippen molar-refractivity contribution in [2.45, 2.75) is 20.8 Å². The van der Waals surface area contributed by atoms with Gasteiger partial charge in [-0.2, -0.15) is 0 Å². The van der Waals surface area contributed by atoms with Gasteiger partial charge in [-0.25, -0.2) is 4.57 Å². The molecule has 0 bridgehead atoms. The quantitative estimate of drug-likeness (QED) is 0.629. The van der Waals surface area contributed by atoms with Crippen LogP contribution >= 0.6 is 14.9 Å². The number of benzene rings is 2. The molecule has 0 heterocycles. The Bertz CT molecular complexity index is 768. The molecule has 140 valence electrons. The van der Waals surface area contributed by atoms with Gasteiger partial charge in [0.1, 0.15) is 0 Å². The Labute approximate surface area is 155 Å². The van der Waals surface area contributed by atoms with Crippen LogP contribution in [0.5, 0.6) is 0 Å². The van der Waals surface area contributed by atoms with Crippen molar-refractivity contribution in [3.63, 3.8) is 0 Å². The zero-order valence-electron chi connectivity index (χ0n) is 15.3. The van der Waals surface area contributed by atoms with Crippen LogP contribution in [0.3, 0.4) is 0 Å². The Morgan fingerprint density at radius 1 is 0.885 bits per heavy atom. The van der Waals surface area contributed by atoms with Crippen LogP contribution in [0.2, 0.25) is 0 Å². The minimum atomic E-state index is -3.48. The molecule has 0 spiro atoms. The molecular formula is C19H25NO4P2. The SMILES string of the molecule is CCOP(=O)(N/C(C)=C\P(=O)(c1ccccc1)c1ccccc1)OCC. The fourth-order valence-electron chi connectivity index (χ4n) is 2.56. The lowest BCUT2D eigenvalue weighted by Gasteiger charge is -2.21. The lowest BCUT2D eigenvalue weighted by atomic mass is 10.4. The largest absolute Gasteiger partial charge is 0.432 e. The molecule has 0 aliphatic heterocycles. The third-order valence-electron chi connectivity index (χ3n) is 3.57. The van der Waals surface area contributed by atoms with E-state index in [1.807, 2.05) is 60.7 Å². The molecule has 0 unspecified atom stereocenters.